The van der Waals surface area contributed by atoms with E-state index >= 15 is 0 Å². The van der Waals surface area contributed by atoms with E-state index in [-0.39, 0.29) is 0 Å². The van der Waals surface area contributed by atoms with E-state index in [2.05, 4.69) is 61.6 Å². The first kappa shape index (κ1) is 11.7. The van der Waals surface area contributed by atoms with E-state index in [9.17, 15) is 0 Å². The fourth-order valence-corrected chi connectivity index (χ4v) is 2.80. The Morgan fingerprint density at radius 1 is 1.17 bits per heavy atom. The van der Waals surface area contributed by atoms with Gasteiger partial charge in [-0.15, -0.1) is 0 Å². The monoisotopic (exact) mass is 239 g/mol. The second-order valence-electron chi connectivity index (χ2n) is 5.51. The highest BCUT2D eigenvalue weighted by atomic mass is 15.0. The van der Waals surface area contributed by atoms with Crippen LogP contribution in [0.15, 0.2) is 42.5 Å². The van der Waals surface area contributed by atoms with Crippen LogP contribution in [-0.4, -0.2) is 6.04 Å². The minimum absolute atomic E-state index is 0.455. The molecular formula is C17H21N. The SMILES string of the molecule is CCC1CC1NC(C)c1ccc2ccccc2c1. The van der Waals surface area contributed by atoms with Crippen molar-refractivity contribution in [3.63, 3.8) is 0 Å². The predicted octanol–water partition coefficient (Wildman–Crippen LogP) is 4.29. The van der Waals surface area contributed by atoms with Gasteiger partial charge in [-0.3, -0.25) is 0 Å². The molecule has 0 radical (unpaired) electrons. The molecule has 1 aliphatic rings. The number of hydrogen-bond acceptors (Lipinski definition) is 1. The highest BCUT2D eigenvalue weighted by Crippen LogP contribution is 2.35. The van der Waals surface area contributed by atoms with Crippen LogP contribution in [0, 0.1) is 5.92 Å². The zero-order chi connectivity index (χ0) is 12.5. The van der Waals surface area contributed by atoms with Crippen molar-refractivity contribution in [2.45, 2.75) is 38.8 Å². The standard InChI is InChI=1S/C17H21N/c1-3-13-11-17(13)18-12(2)15-9-8-14-6-4-5-7-16(14)10-15/h4-10,12-13,17-18H,3,11H2,1-2H3. The Bertz CT molecular complexity index is 546. The molecule has 94 valence electrons. The second-order valence-corrected chi connectivity index (χ2v) is 5.51. The Hall–Kier alpha value is -1.34. The zero-order valence-corrected chi connectivity index (χ0v) is 11.2. The van der Waals surface area contributed by atoms with Crippen LogP contribution in [0.2, 0.25) is 0 Å². The van der Waals surface area contributed by atoms with Gasteiger partial charge >= 0.3 is 0 Å². The fourth-order valence-electron chi connectivity index (χ4n) is 2.80. The van der Waals surface area contributed by atoms with Crippen molar-refractivity contribution in [3.05, 3.63) is 48.0 Å². The van der Waals surface area contributed by atoms with Crippen molar-refractivity contribution < 1.29 is 0 Å². The molecule has 0 aliphatic heterocycles. The molecule has 0 spiro atoms. The summed E-state index contributed by atoms with van der Waals surface area (Å²) < 4.78 is 0. The molecule has 2 aromatic rings. The number of benzene rings is 2. The summed E-state index contributed by atoms with van der Waals surface area (Å²) in [6.45, 7) is 4.56. The maximum atomic E-state index is 3.74. The minimum Gasteiger partial charge on any atom is -0.307 e. The van der Waals surface area contributed by atoms with E-state index in [4.69, 9.17) is 0 Å². The number of fused-ring (bicyclic) bond motifs is 1. The molecule has 1 heteroatoms. The molecule has 3 atom stereocenters. The van der Waals surface area contributed by atoms with E-state index in [1.165, 1.54) is 29.2 Å². The van der Waals surface area contributed by atoms with E-state index in [0.717, 1.165) is 12.0 Å². The molecule has 18 heavy (non-hydrogen) atoms. The third kappa shape index (κ3) is 2.28. The lowest BCUT2D eigenvalue weighted by Gasteiger charge is -2.15. The van der Waals surface area contributed by atoms with Crippen molar-refractivity contribution >= 4 is 10.8 Å². The summed E-state index contributed by atoms with van der Waals surface area (Å²) in [6, 6.07) is 16.6. The first-order valence-corrected chi connectivity index (χ1v) is 7.02. The lowest BCUT2D eigenvalue weighted by atomic mass is 10.0. The van der Waals surface area contributed by atoms with Crippen molar-refractivity contribution in [1.82, 2.24) is 5.32 Å². The van der Waals surface area contributed by atoms with Crippen LogP contribution in [0.1, 0.15) is 38.3 Å². The molecule has 1 saturated carbocycles. The first-order valence-electron chi connectivity index (χ1n) is 7.02. The van der Waals surface area contributed by atoms with Crippen molar-refractivity contribution in [2.75, 3.05) is 0 Å². The van der Waals surface area contributed by atoms with Gasteiger partial charge in [-0.25, -0.2) is 0 Å². The molecule has 1 fully saturated rings. The highest BCUT2D eigenvalue weighted by Gasteiger charge is 2.35. The molecule has 3 rings (SSSR count). The summed E-state index contributed by atoms with van der Waals surface area (Å²) in [5.41, 5.74) is 1.40. The Morgan fingerprint density at radius 3 is 2.67 bits per heavy atom. The van der Waals surface area contributed by atoms with Gasteiger partial charge in [-0.05, 0) is 41.7 Å². The Labute approximate surface area is 109 Å². The Balaban J connectivity index is 1.77. The van der Waals surface area contributed by atoms with Gasteiger partial charge in [-0.1, -0.05) is 49.7 Å². The van der Waals surface area contributed by atoms with Crippen LogP contribution in [0.4, 0.5) is 0 Å². The van der Waals surface area contributed by atoms with Crippen molar-refractivity contribution in [3.8, 4) is 0 Å². The summed E-state index contributed by atoms with van der Waals surface area (Å²) in [6.07, 6.45) is 2.66. The van der Waals surface area contributed by atoms with Gasteiger partial charge < -0.3 is 5.32 Å². The topological polar surface area (TPSA) is 12.0 Å². The number of hydrogen-bond donors (Lipinski definition) is 1. The normalized spacial score (nSPS) is 24.1. The van der Waals surface area contributed by atoms with Gasteiger partial charge in [0.05, 0.1) is 0 Å². The van der Waals surface area contributed by atoms with Crippen LogP contribution in [0.25, 0.3) is 10.8 Å². The third-order valence-corrected chi connectivity index (χ3v) is 4.18. The molecular weight excluding hydrogens is 218 g/mol. The van der Waals surface area contributed by atoms with Gasteiger partial charge in [0.1, 0.15) is 0 Å². The molecule has 2 aromatic carbocycles. The van der Waals surface area contributed by atoms with Crippen LogP contribution >= 0.6 is 0 Å². The molecule has 0 bridgehead atoms. The van der Waals surface area contributed by atoms with Crippen molar-refractivity contribution in [1.29, 1.82) is 0 Å². The quantitative estimate of drug-likeness (QED) is 0.839. The van der Waals surface area contributed by atoms with Gasteiger partial charge in [-0.2, -0.15) is 0 Å². The molecule has 0 aromatic heterocycles. The third-order valence-electron chi connectivity index (χ3n) is 4.18. The van der Waals surface area contributed by atoms with Gasteiger partial charge in [0.2, 0.25) is 0 Å². The highest BCUT2D eigenvalue weighted by molar-refractivity contribution is 5.83. The molecule has 0 amide bonds. The first-order chi connectivity index (χ1) is 8.78. The van der Waals surface area contributed by atoms with E-state index in [0.29, 0.717) is 6.04 Å². The largest absolute Gasteiger partial charge is 0.307 e. The second kappa shape index (κ2) is 4.74. The number of nitrogens with one attached hydrogen (secondary N) is 1. The molecule has 0 heterocycles. The van der Waals surface area contributed by atoms with E-state index < -0.39 is 0 Å². The van der Waals surface area contributed by atoms with Crippen LogP contribution in [0.3, 0.4) is 0 Å². The van der Waals surface area contributed by atoms with Gasteiger partial charge in [0.15, 0.2) is 0 Å². The lowest BCUT2D eigenvalue weighted by Crippen LogP contribution is -2.22. The maximum Gasteiger partial charge on any atom is 0.0294 e. The van der Waals surface area contributed by atoms with Crippen LogP contribution in [-0.2, 0) is 0 Å². The summed E-state index contributed by atoms with van der Waals surface area (Å²) in [7, 11) is 0. The smallest absolute Gasteiger partial charge is 0.0294 e. The molecule has 0 saturated heterocycles. The molecule has 1 N–H and O–H groups in total. The summed E-state index contributed by atoms with van der Waals surface area (Å²) in [5, 5.41) is 6.40. The van der Waals surface area contributed by atoms with E-state index in [1.54, 1.807) is 0 Å². The fraction of sp³-hybridized carbons (Fsp3) is 0.412. The predicted molar refractivity (Wildman–Crippen MR) is 77.7 cm³/mol. The van der Waals surface area contributed by atoms with Crippen molar-refractivity contribution in [2.24, 2.45) is 5.92 Å². The lowest BCUT2D eigenvalue weighted by molar-refractivity contribution is 0.539. The summed E-state index contributed by atoms with van der Waals surface area (Å²) in [4.78, 5) is 0. The van der Waals surface area contributed by atoms with Gasteiger partial charge in [0.25, 0.3) is 0 Å². The molecule has 1 nitrogen and oxygen atoms in total. The van der Waals surface area contributed by atoms with Crippen LogP contribution in [0.5, 0.6) is 0 Å². The minimum atomic E-state index is 0.455. The maximum absolute atomic E-state index is 3.74. The molecule has 1 aliphatic carbocycles. The Kier molecular flexibility index (Phi) is 3.09. The Morgan fingerprint density at radius 2 is 1.94 bits per heavy atom. The zero-order valence-electron chi connectivity index (χ0n) is 11.2. The van der Waals surface area contributed by atoms with Crippen LogP contribution < -0.4 is 5.32 Å². The summed E-state index contributed by atoms with van der Waals surface area (Å²) in [5.74, 6) is 0.910. The number of rotatable bonds is 4. The molecule has 3 unspecified atom stereocenters. The average Bonchev–Trinajstić information content (AvgIpc) is 3.16. The van der Waals surface area contributed by atoms with Gasteiger partial charge in [0, 0.05) is 12.1 Å². The summed E-state index contributed by atoms with van der Waals surface area (Å²) >= 11 is 0. The average molecular weight is 239 g/mol. The van der Waals surface area contributed by atoms with E-state index in [1.807, 2.05) is 0 Å².